The molecule has 0 aliphatic carbocycles. The third-order valence-corrected chi connectivity index (χ3v) is 5.94. The fourth-order valence-electron chi connectivity index (χ4n) is 3.70. The minimum absolute atomic E-state index is 0. The number of anilines is 1. The lowest BCUT2D eigenvalue weighted by Gasteiger charge is -2.35. The first-order valence-corrected chi connectivity index (χ1v) is 9.68. The summed E-state index contributed by atoms with van der Waals surface area (Å²) in [6.07, 6.45) is 2.52. The minimum atomic E-state index is 0. The van der Waals surface area contributed by atoms with E-state index in [1.54, 1.807) is 17.7 Å². The first-order valence-electron chi connectivity index (χ1n) is 8.80. The number of rotatable bonds is 2. The van der Waals surface area contributed by atoms with Crippen LogP contribution in [0.4, 0.5) is 5.82 Å². The molecule has 0 radical (unpaired) electrons. The lowest BCUT2D eigenvalue weighted by atomic mass is 10.1. The van der Waals surface area contributed by atoms with Gasteiger partial charge in [-0.05, 0) is 11.4 Å². The number of nitrogens with one attached hydrogen (secondary N) is 2. The molecule has 8 nitrogen and oxygen atoms in total. The molecule has 2 N–H and O–H groups in total. The van der Waals surface area contributed by atoms with Gasteiger partial charge in [0, 0.05) is 56.9 Å². The van der Waals surface area contributed by atoms with E-state index in [9.17, 15) is 4.79 Å². The number of aromatic amines is 1. The van der Waals surface area contributed by atoms with E-state index >= 15 is 0 Å². The van der Waals surface area contributed by atoms with Crippen molar-refractivity contribution >= 4 is 45.7 Å². The maximum absolute atomic E-state index is 12.9. The number of halogens is 1. The van der Waals surface area contributed by atoms with Crippen LogP contribution < -0.4 is 10.2 Å². The molecular formula is C17H20ClN7OS. The van der Waals surface area contributed by atoms with Crippen molar-refractivity contribution in [3.63, 3.8) is 0 Å². The predicted octanol–water partition coefficient (Wildman–Crippen LogP) is 1.44. The molecule has 0 aromatic carbocycles. The zero-order chi connectivity index (χ0) is 17.5. The third kappa shape index (κ3) is 3.15. The quantitative estimate of drug-likeness (QED) is 0.670. The molecular weight excluding hydrogens is 386 g/mol. The molecule has 0 unspecified atom stereocenters. The maximum Gasteiger partial charge on any atom is 0.274 e. The van der Waals surface area contributed by atoms with Crippen LogP contribution in [0.2, 0.25) is 0 Å². The summed E-state index contributed by atoms with van der Waals surface area (Å²) in [5, 5.41) is 13.8. The molecule has 3 aromatic heterocycles. The Morgan fingerprint density at radius 2 is 2.04 bits per heavy atom. The molecule has 1 fully saturated rings. The van der Waals surface area contributed by atoms with Gasteiger partial charge in [0.1, 0.15) is 17.0 Å². The Balaban J connectivity index is 0.00000180. The largest absolute Gasteiger partial charge is 0.352 e. The normalized spacial score (nSPS) is 16.9. The Morgan fingerprint density at radius 3 is 2.89 bits per heavy atom. The number of amides is 1. The highest BCUT2D eigenvalue weighted by Gasteiger charge is 2.28. The van der Waals surface area contributed by atoms with Gasteiger partial charge in [-0.3, -0.25) is 9.89 Å². The van der Waals surface area contributed by atoms with E-state index in [0.717, 1.165) is 53.3 Å². The van der Waals surface area contributed by atoms with Crippen LogP contribution in [0.15, 0.2) is 17.8 Å². The number of hydrogen-bond acceptors (Lipinski definition) is 7. The van der Waals surface area contributed by atoms with E-state index in [1.807, 2.05) is 10.3 Å². The van der Waals surface area contributed by atoms with Gasteiger partial charge in [-0.1, -0.05) is 0 Å². The Morgan fingerprint density at radius 1 is 1.19 bits per heavy atom. The number of nitrogens with zero attached hydrogens (tertiary/aromatic N) is 5. The molecule has 0 bridgehead atoms. The molecule has 27 heavy (non-hydrogen) atoms. The van der Waals surface area contributed by atoms with Crippen LogP contribution >= 0.6 is 23.7 Å². The molecule has 1 amide bonds. The number of thiophene rings is 1. The van der Waals surface area contributed by atoms with Crippen molar-refractivity contribution in [1.82, 2.24) is 30.4 Å². The molecule has 1 saturated heterocycles. The van der Waals surface area contributed by atoms with Crippen molar-refractivity contribution in [3.8, 4) is 0 Å². The number of hydrogen-bond donors (Lipinski definition) is 2. The molecule has 142 valence electrons. The second-order valence-corrected chi connectivity index (χ2v) is 7.47. The van der Waals surface area contributed by atoms with Crippen molar-refractivity contribution in [3.05, 3.63) is 34.7 Å². The van der Waals surface area contributed by atoms with Gasteiger partial charge in [0.15, 0.2) is 5.69 Å². The Hall–Kier alpha value is -2.23. The average molecular weight is 406 g/mol. The second kappa shape index (κ2) is 7.41. The lowest BCUT2D eigenvalue weighted by Crippen LogP contribution is -2.49. The summed E-state index contributed by atoms with van der Waals surface area (Å²) in [5.74, 6) is 0.985. The molecule has 5 heterocycles. The van der Waals surface area contributed by atoms with E-state index < -0.39 is 0 Å². The highest BCUT2D eigenvalue weighted by atomic mass is 35.5. The van der Waals surface area contributed by atoms with Crippen molar-refractivity contribution in [2.45, 2.75) is 13.0 Å². The van der Waals surface area contributed by atoms with Crippen LogP contribution in [-0.4, -0.2) is 63.7 Å². The summed E-state index contributed by atoms with van der Waals surface area (Å²) in [5.41, 5.74) is 2.69. The van der Waals surface area contributed by atoms with Crippen LogP contribution in [0, 0.1) is 0 Å². The number of piperazine rings is 1. The summed E-state index contributed by atoms with van der Waals surface area (Å²) in [4.78, 5) is 26.8. The summed E-state index contributed by atoms with van der Waals surface area (Å²) in [6, 6.07) is 2.07. The molecule has 0 atom stereocenters. The van der Waals surface area contributed by atoms with E-state index in [0.29, 0.717) is 25.3 Å². The minimum Gasteiger partial charge on any atom is -0.352 e. The zero-order valence-electron chi connectivity index (χ0n) is 14.6. The van der Waals surface area contributed by atoms with Crippen LogP contribution in [0.25, 0.3) is 10.2 Å². The first kappa shape index (κ1) is 18.1. The van der Waals surface area contributed by atoms with Crippen molar-refractivity contribution in [2.24, 2.45) is 0 Å². The van der Waals surface area contributed by atoms with Gasteiger partial charge >= 0.3 is 0 Å². The van der Waals surface area contributed by atoms with E-state index in [-0.39, 0.29) is 18.3 Å². The van der Waals surface area contributed by atoms with E-state index in [1.165, 1.54) is 0 Å². The highest BCUT2D eigenvalue weighted by molar-refractivity contribution is 7.16. The van der Waals surface area contributed by atoms with E-state index in [2.05, 4.69) is 36.4 Å². The number of carbonyl (C=O) groups excluding carboxylic acids is 1. The highest BCUT2D eigenvalue weighted by Crippen LogP contribution is 2.27. The van der Waals surface area contributed by atoms with Gasteiger partial charge in [0.05, 0.1) is 5.39 Å². The van der Waals surface area contributed by atoms with Crippen molar-refractivity contribution < 1.29 is 4.79 Å². The number of carbonyl (C=O) groups is 1. The van der Waals surface area contributed by atoms with Crippen LogP contribution in [-0.2, 0) is 13.0 Å². The topological polar surface area (TPSA) is 90.0 Å². The smallest absolute Gasteiger partial charge is 0.274 e. The Labute approximate surface area is 166 Å². The van der Waals surface area contributed by atoms with E-state index in [4.69, 9.17) is 0 Å². The molecule has 2 aliphatic heterocycles. The molecule has 0 saturated carbocycles. The molecule has 10 heteroatoms. The predicted molar refractivity (Wildman–Crippen MR) is 107 cm³/mol. The number of aromatic nitrogens is 4. The fraction of sp³-hybridized carbons (Fsp3) is 0.412. The zero-order valence-corrected chi connectivity index (χ0v) is 16.3. The van der Waals surface area contributed by atoms with Gasteiger partial charge in [-0.15, -0.1) is 23.7 Å². The molecule has 5 rings (SSSR count). The molecule has 2 aliphatic rings. The van der Waals surface area contributed by atoms with Gasteiger partial charge < -0.3 is 15.1 Å². The molecule has 3 aromatic rings. The Kier molecular flexibility index (Phi) is 4.98. The average Bonchev–Trinajstić information content (AvgIpc) is 3.34. The molecule has 0 spiro atoms. The van der Waals surface area contributed by atoms with Gasteiger partial charge in [-0.2, -0.15) is 5.10 Å². The van der Waals surface area contributed by atoms with Gasteiger partial charge in [0.2, 0.25) is 0 Å². The second-order valence-electron chi connectivity index (χ2n) is 6.57. The lowest BCUT2D eigenvalue weighted by molar-refractivity contribution is 0.0739. The van der Waals surface area contributed by atoms with Crippen LogP contribution in [0.1, 0.15) is 21.7 Å². The van der Waals surface area contributed by atoms with Crippen LogP contribution in [0.3, 0.4) is 0 Å². The third-order valence-electron chi connectivity index (χ3n) is 5.12. The first-order chi connectivity index (χ1) is 12.8. The van der Waals surface area contributed by atoms with Crippen molar-refractivity contribution in [1.29, 1.82) is 0 Å². The summed E-state index contributed by atoms with van der Waals surface area (Å²) >= 11 is 1.62. The van der Waals surface area contributed by atoms with Crippen molar-refractivity contribution in [2.75, 3.05) is 37.6 Å². The monoisotopic (exact) mass is 405 g/mol. The van der Waals surface area contributed by atoms with Gasteiger partial charge in [-0.25, -0.2) is 9.97 Å². The maximum atomic E-state index is 12.9. The summed E-state index contributed by atoms with van der Waals surface area (Å²) in [6.45, 7) is 4.51. The number of H-pyrrole nitrogens is 1. The summed E-state index contributed by atoms with van der Waals surface area (Å²) < 4.78 is 0. The standard InChI is InChI=1S/C17H19N7OS.ClH/c25-17(14-12-9-18-3-1-13(12)21-22-14)24-6-4-23(5-7-24)15-11-2-8-26-16(11)20-10-19-15;/h2,8,10,18H,1,3-7,9H2,(H,21,22);1H. The van der Waals surface area contributed by atoms with Gasteiger partial charge in [0.25, 0.3) is 5.91 Å². The SMILES string of the molecule is Cl.O=C(c1n[nH]c2c1CNCC2)N1CCN(c2ncnc3sccc23)CC1. The fourth-order valence-corrected chi connectivity index (χ4v) is 4.43. The summed E-state index contributed by atoms with van der Waals surface area (Å²) in [7, 11) is 0. The number of fused-ring (bicyclic) bond motifs is 2. The van der Waals surface area contributed by atoms with Crippen LogP contribution in [0.5, 0.6) is 0 Å². The Bertz CT molecular complexity index is 963.